The molecule has 2 aromatic rings. The summed E-state index contributed by atoms with van der Waals surface area (Å²) in [5.41, 5.74) is 3.38. The van der Waals surface area contributed by atoms with Crippen LogP contribution < -0.4 is 15.0 Å². The number of hydrogen-bond donors (Lipinski definition) is 1. The quantitative estimate of drug-likeness (QED) is 0.908. The van der Waals surface area contributed by atoms with Gasteiger partial charge in [-0.1, -0.05) is 25.1 Å². The van der Waals surface area contributed by atoms with Gasteiger partial charge in [-0.15, -0.1) is 0 Å². The molecule has 0 aromatic heterocycles. The number of rotatable bonds is 2. The summed E-state index contributed by atoms with van der Waals surface area (Å²) in [7, 11) is 4.32. The summed E-state index contributed by atoms with van der Waals surface area (Å²) in [6.07, 6.45) is 1.01. The van der Waals surface area contributed by atoms with Crippen LogP contribution in [0.2, 0.25) is 0 Å². The van der Waals surface area contributed by atoms with Crippen molar-refractivity contribution in [3.05, 3.63) is 54.1 Å². The minimum atomic E-state index is -0.470. The Bertz CT molecular complexity index is 808. The van der Waals surface area contributed by atoms with Crippen LogP contribution in [0.25, 0.3) is 0 Å². The van der Waals surface area contributed by atoms with Crippen LogP contribution in [-0.4, -0.2) is 37.8 Å². The largest absolute Gasteiger partial charge is 0.417 e. The third-order valence-corrected chi connectivity index (χ3v) is 5.53. The first kappa shape index (κ1) is 16.0. The zero-order chi connectivity index (χ0) is 17.6. The maximum Gasteiger partial charge on any atom is 0.417 e. The minimum absolute atomic E-state index is 0.0832. The summed E-state index contributed by atoms with van der Waals surface area (Å²) < 4.78 is 5.32. The Balaban J connectivity index is 1.56. The van der Waals surface area contributed by atoms with E-state index in [2.05, 4.69) is 48.3 Å². The predicted octanol–water partition coefficient (Wildman–Crippen LogP) is 3.67. The molecule has 2 aliphatic rings. The fourth-order valence-electron chi connectivity index (χ4n) is 4.39. The predicted molar refractivity (Wildman–Crippen MR) is 99.3 cm³/mol. The van der Waals surface area contributed by atoms with Crippen molar-refractivity contribution in [2.75, 3.05) is 30.9 Å². The van der Waals surface area contributed by atoms with Crippen LogP contribution >= 0.6 is 0 Å². The molecule has 1 saturated heterocycles. The highest BCUT2D eigenvalue weighted by Crippen LogP contribution is 2.51. The van der Waals surface area contributed by atoms with E-state index >= 15 is 0 Å². The summed E-state index contributed by atoms with van der Waals surface area (Å²) in [5.74, 6) is 0.533. The van der Waals surface area contributed by atoms with E-state index in [0.29, 0.717) is 11.9 Å². The second kappa shape index (κ2) is 5.77. The normalized spacial score (nSPS) is 24.8. The molecule has 0 aliphatic carbocycles. The molecule has 1 fully saturated rings. The van der Waals surface area contributed by atoms with Crippen molar-refractivity contribution < 1.29 is 9.53 Å². The minimum Gasteiger partial charge on any atom is -0.410 e. The van der Waals surface area contributed by atoms with E-state index in [1.807, 2.05) is 24.3 Å². The Morgan fingerprint density at radius 1 is 1.20 bits per heavy atom. The van der Waals surface area contributed by atoms with Gasteiger partial charge in [0.25, 0.3) is 0 Å². The average molecular weight is 337 g/mol. The van der Waals surface area contributed by atoms with Gasteiger partial charge in [0.1, 0.15) is 5.75 Å². The van der Waals surface area contributed by atoms with Crippen LogP contribution in [0.15, 0.2) is 48.5 Å². The van der Waals surface area contributed by atoms with E-state index in [9.17, 15) is 4.79 Å². The van der Waals surface area contributed by atoms with Crippen molar-refractivity contribution in [3.8, 4) is 5.75 Å². The maximum atomic E-state index is 12.2. The first-order valence-electron chi connectivity index (χ1n) is 8.60. The molecule has 0 bridgehead atoms. The molecular weight excluding hydrogens is 314 g/mol. The summed E-state index contributed by atoms with van der Waals surface area (Å²) in [6, 6.07) is 15.2. The third kappa shape index (κ3) is 2.55. The van der Waals surface area contributed by atoms with Crippen LogP contribution in [0.4, 0.5) is 16.2 Å². The molecule has 2 aromatic carbocycles. The number of amides is 1. The van der Waals surface area contributed by atoms with E-state index in [1.54, 1.807) is 12.1 Å². The third-order valence-electron chi connectivity index (χ3n) is 5.53. The smallest absolute Gasteiger partial charge is 0.410 e. The topological polar surface area (TPSA) is 44.8 Å². The number of nitrogens with one attached hydrogen (secondary N) is 1. The monoisotopic (exact) mass is 337 g/mol. The molecule has 0 saturated carbocycles. The summed E-state index contributed by atoms with van der Waals surface area (Å²) in [6.45, 7) is 3.40. The number of hydrogen-bond acceptors (Lipinski definition) is 4. The molecule has 0 radical (unpaired) electrons. The van der Waals surface area contributed by atoms with E-state index in [4.69, 9.17) is 4.74 Å². The number of para-hydroxylation sites is 1. The zero-order valence-corrected chi connectivity index (χ0v) is 14.8. The Morgan fingerprint density at radius 2 is 1.96 bits per heavy atom. The standard InChI is InChI=1S/C20H23N3O2/c1-20-11-12-22(2)18(20)23(3)17-10-9-14(13-16(17)20)21-19(24)25-15-7-5-4-6-8-15/h4-10,13,18H,11-12H2,1-3H3,(H,21,24)/t18?,20-/m1/s1. The van der Waals surface area contributed by atoms with Gasteiger partial charge in [0.05, 0.1) is 6.17 Å². The number of anilines is 2. The molecule has 1 unspecified atom stereocenters. The van der Waals surface area contributed by atoms with Gasteiger partial charge in [-0.25, -0.2) is 4.79 Å². The van der Waals surface area contributed by atoms with E-state index in [1.165, 1.54) is 11.3 Å². The molecule has 5 heteroatoms. The van der Waals surface area contributed by atoms with Crippen LogP contribution in [0.3, 0.4) is 0 Å². The van der Waals surface area contributed by atoms with Gasteiger partial charge >= 0.3 is 6.09 Å². The van der Waals surface area contributed by atoms with Crippen molar-refractivity contribution >= 4 is 17.5 Å². The summed E-state index contributed by atoms with van der Waals surface area (Å²) in [4.78, 5) is 16.9. The molecule has 2 atom stereocenters. The molecule has 2 aliphatic heterocycles. The molecule has 130 valence electrons. The number of nitrogens with zero attached hydrogens (tertiary/aromatic N) is 2. The average Bonchev–Trinajstić information content (AvgIpc) is 3.01. The fourth-order valence-corrected chi connectivity index (χ4v) is 4.39. The van der Waals surface area contributed by atoms with Crippen molar-refractivity contribution in [2.45, 2.75) is 24.9 Å². The van der Waals surface area contributed by atoms with Crippen LogP contribution in [0, 0.1) is 0 Å². The van der Waals surface area contributed by atoms with Crippen molar-refractivity contribution in [1.29, 1.82) is 0 Å². The van der Waals surface area contributed by atoms with Gasteiger partial charge in [-0.3, -0.25) is 10.2 Å². The van der Waals surface area contributed by atoms with E-state index < -0.39 is 6.09 Å². The molecule has 4 rings (SSSR count). The summed E-state index contributed by atoms with van der Waals surface area (Å²) >= 11 is 0. The lowest BCUT2D eigenvalue weighted by Crippen LogP contribution is -2.45. The van der Waals surface area contributed by atoms with Gasteiger partial charge in [0, 0.05) is 30.4 Å². The molecule has 25 heavy (non-hydrogen) atoms. The first-order chi connectivity index (χ1) is 12.0. The number of likely N-dealkylation sites (tertiary alicyclic amines) is 1. The van der Waals surface area contributed by atoms with Gasteiger partial charge in [0.15, 0.2) is 0 Å². The second-order valence-electron chi connectivity index (χ2n) is 7.19. The van der Waals surface area contributed by atoms with Crippen LogP contribution in [0.1, 0.15) is 18.9 Å². The number of carbonyl (C=O) groups excluding carboxylic acids is 1. The van der Waals surface area contributed by atoms with E-state index in [0.717, 1.165) is 18.7 Å². The highest BCUT2D eigenvalue weighted by atomic mass is 16.6. The highest BCUT2D eigenvalue weighted by Gasteiger charge is 2.52. The Labute approximate surface area is 148 Å². The van der Waals surface area contributed by atoms with Crippen molar-refractivity contribution in [2.24, 2.45) is 0 Å². The number of benzene rings is 2. The maximum absolute atomic E-state index is 12.2. The lowest BCUT2D eigenvalue weighted by Gasteiger charge is -2.32. The fraction of sp³-hybridized carbons (Fsp3) is 0.350. The second-order valence-corrected chi connectivity index (χ2v) is 7.19. The van der Waals surface area contributed by atoms with Gasteiger partial charge in [0.2, 0.25) is 0 Å². The lowest BCUT2D eigenvalue weighted by molar-refractivity contribution is 0.215. The van der Waals surface area contributed by atoms with Gasteiger partial charge in [-0.05, 0) is 49.4 Å². The molecule has 5 nitrogen and oxygen atoms in total. The highest BCUT2D eigenvalue weighted by molar-refractivity contribution is 5.87. The van der Waals surface area contributed by atoms with Crippen molar-refractivity contribution in [3.63, 3.8) is 0 Å². The lowest BCUT2D eigenvalue weighted by atomic mass is 9.81. The molecular formula is C20H23N3O2. The first-order valence-corrected chi connectivity index (χ1v) is 8.60. The Morgan fingerprint density at radius 3 is 2.72 bits per heavy atom. The van der Waals surface area contributed by atoms with E-state index in [-0.39, 0.29) is 5.41 Å². The Kier molecular flexibility index (Phi) is 3.69. The molecule has 1 amide bonds. The number of fused-ring (bicyclic) bond motifs is 3. The molecule has 0 spiro atoms. The zero-order valence-electron chi connectivity index (χ0n) is 14.8. The van der Waals surface area contributed by atoms with Gasteiger partial charge < -0.3 is 9.64 Å². The van der Waals surface area contributed by atoms with Crippen LogP contribution in [0.5, 0.6) is 5.75 Å². The molecule has 2 heterocycles. The van der Waals surface area contributed by atoms with Crippen LogP contribution in [-0.2, 0) is 5.41 Å². The Hall–Kier alpha value is -2.53. The SMILES string of the molecule is CN1CC[C@]2(C)c3cc(NC(=O)Oc4ccccc4)ccc3N(C)C12. The van der Waals surface area contributed by atoms with Gasteiger partial charge in [-0.2, -0.15) is 0 Å². The number of ether oxygens (including phenoxy) is 1. The number of likely N-dealkylation sites (N-methyl/N-ethyl adjacent to an activating group) is 2. The summed E-state index contributed by atoms with van der Waals surface area (Å²) in [5, 5.41) is 2.85. The van der Waals surface area contributed by atoms with Crippen molar-refractivity contribution in [1.82, 2.24) is 4.90 Å². The molecule has 1 N–H and O–H groups in total. The number of carbonyl (C=O) groups is 1.